The van der Waals surface area contributed by atoms with Gasteiger partial charge < -0.3 is 10.6 Å². The second kappa shape index (κ2) is 11.8. The first-order valence-electron chi connectivity index (χ1n) is 12.8. The average molecular weight is 654 g/mol. The number of carbonyl (C=O) groups excluding carboxylic acids is 2. The molecule has 0 radical (unpaired) electrons. The molecule has 45 heavy (non-hydrogen) atoms. The summed E-state index contributed by atoms with van der Waals surface area (Å²) >= 11 is 6.26. The van der Waals surface area contributed by atoms with Crippen LogP contribution < -0.4 is 10.6 Å². The first-order valence-corrected chi connectivity index (χ1v) is 13.1. The summed E-state index contributed by atoms with van der Waals surface area (Å²) in [6.07, 6.45) is -9.60. The lowest BCUT2D eigenvalue weighted by molar-refractivity contribution is -0.165. The molecular formula is C27H22ClF6N9O2. The van der Waals surface area contributed by atoms with Crippen molar-refractivity contribution in [3.8, 4) is 11.9 Å². The number of pyridine rings is 1. The number of hydrogen-bond donors (Lipinski definition) is 2. The van der Waals surface area contributed by atoms with Crippen molar-refractivity contribution < 1.29 is 35.9 Å². The van der Waals surface area contributed by atoms with E-state index in [1.165, 1.54) is 30.5 Å². The number of nitrogens with one attached hydrogen (secondary N) is 2. The molecule has 0 spiro atoms. The van der Waals surface area contributed by atoms with Crippen molar-refractivity contribution in [3.05, 3.63) is 81.0 Å². The number of rotatable bonds is 6. The summed E-state index contributed by atoms with van der Waals surface area (Å²) < 4.78 is 80.6. The number of anilines is 1. The third-order valence-electron chi connectivity index (χ3n) is 5.86. The van der Waals surface area contributed by atoms with E-state index in [0.29, 0.717) is 5.56 Å². The minimum absolute atomic E-state index is 0.00285. The maximum absolute atomic E-state index is 13.7. The van der Waals surface area contributed by atoms with Crippen LogP contribution >= 0.6 is 11.6 Å². The van der Waals surface area contributed by atoms with Gasteiger partial charge in [-0.05, 0) is 63.6 Å². The second-order valence-electron chi connectivity index (χ2n) is 10.7. The Morgan fingerprint density at radius 2 is 1.60 bits per heavy atom. The number of carbonyl (C=O) groups is 2. The highest BCUT2D eigenvalue weighted by molar-refractivity contribution is 6.32. The number of aryl methyl sites for hydroxylation is 1. The highest BCUT2D eigenvalue weighted by atomic mass is 35.5. The van der Waals surface area contributed by atoms with Gasteiger partial charge in [-0.2, -0.15) is 41.5 Å². The molecule has 0 saturated carbocycles. The Bertz CT molecular complexity index is 1800. The van der Waals surface area contributed by atoms with Gasteiger partial charge in [0.25, 0.3) is 11.8 Å². The van der Waals surface area contributed by atoms with Gasteiger partial charge in [0, 0.05) is 11.7 Å². The summed E-state index contributed by atoms with van der Waals surface area (Å²) in [6.45, 7) is 5.91. The van der Waals surface area contributed by atoms with Crippen LogP contribution in [0.3, 0.4) is 0 Å². The zero-order chi connectivity index (χ0) is 33.5. The van der Waals surface area contributed by atoms with Crippen molar-refractivity contribution in [1.82, 2.24) is 35.1 Å². The lowest BCUT2D eigenvalue weighted by Gasteiger charge is -2.22. The van der Waals surface area contributed by atoms with Crippen LogP contribution in [0.4, 0.5) is 32.0 Å². The molecule has 0 bridgehead atoms. The van der Waals surface area contributed by atoms with Crippen LogP contribution in [-0.4, -0.2) is 47.1 Å². The molecule has 2 amide bonds. The van der Waals surface area contributed by atoms with E-state index in [1.54, 1.807) is 27.7 Å². The maximum Gasteiger partial charge on any atom is 0.437 e. The number of halogens is 7. The summed E-state index contributed by atoms with van der Waals surface area (Å²) in [5.41, 5.74) is -5.24. The molecule has 18 heteroatoms. The Labute approximate surface area is 255 Å². The van der Waals surface area contributed by atoms with Crippen LogP contribution in [0.15, 0.2) is 36.5 Å². The van der Waals surface area contributed by atoms with Crippen LogP contribution in [0.2, 0.25) is 5.02 Å². The Morgan fingerprint density at radius 1 is 0.978 bits per heavy atom. The molecule has 236 valence electrons. The molecule has 0 aliphatic heterocycles. The van der Waals surface area contributed by atoms with Crippen molar-refractivity contribution in [1.29, 1.82) is 5.26 Å². The van der Waals surface area contributed by atoms with Gasteiger partial charge in [0.15, 0.2) is 17.2 Å². The number of amides is 2. The number of aromatic nitrogens is 6. The SMILES string of the molecule is Cc1cc(C#N)cc(C(=O)NC(C)(C)C)c1NC(=O)c1cc(Cn2nc(C(F)(F)F)c(C(F)(F)F)n2)nn1-c1ncccc1Cl. The van der Waals surface area contributed by atoms with Gasteiger partial charge in [-0.3, -0.25) is 9.59 Å². The Morgan fingerprint density at radius 3 is 2.13 bits per heavy atom. The van der Waals surface area contributed by atoms with E-state index in [9.17, 15) is 41.2 Å². The van der Waals surface area contributed by atoms with Crippen LogP contribution in [0.1, 0.15) is 69.8 Å². The summed E-state index contributed by atoms with van der Waals surface area (Å²) in [6, 6.07) is 8.60. The summed E-state index contributed by atoms with van der Waals surface area (Å²) in [4.78, 5) is 31.1. The van der Waals surface area contributed by atoms with E-state index in [0.717, 1.165) is 10.7 Å². The molecule has 4 rings (SSSR count). The standard InChI is InChI=1S/C27H22ClF6N9O2/c1-13-8-14(11-35)9-16(23(44)38-25(2,3)4)19(13)37-24(45)18-10-15(39-43(18)22-17(28)6-5-7-36-22)12-42-40-20(26(29,30)31)21(41-42)27(32,33)34/h5-10H,12H2,1-4H3,(H,37,45)(H,38,44). The average Bonchev–Trinajstić information content (AvgIpc) is 3.54. The van der Waals surface area contributed by atoms with Crippen LogP contribution in [-0.2, 0) is 18.9 Å². The molecule has 0 atom stereocenters. The normalized spacial score (nSPS) is 12.1. The van der Waals surface area contributed by atoms with Crippen molar-refractivity contribution in [2.24, 2.45) is 0 Å². The van der Waals surface area contributed by atoms with Gasteiger partial charge in [0.05, 0.1) is 33.6 Å². The predicted molar refractivity (Wildman–Crippen MR) is 147 cm³/mol. The van der Waals surface area contributed by atoms with Gasteiger partial charge in [0.1, 0.15) is 12.2 Å². The topological polar surface area (TPSA) is 143 Å². The van der Waals surface area contributed by atoms with Gasteiger partial charge in [-0.15, -0.1) is 10.2 Å². The first kappa shape index (κ1) is 32.9. The monoisotopic (exact) mass is 653 g/mol. The minimum atomic E-state index is -5.45. The fourth-order valence-corrected chi connectivity index (χ4v) is 4.29. The molecule has 0 saturated heterocycles. The zero-order valence-electron chi connectivity index (χ0n) is 23.8. The van der Waals surface area contributed by atoms with E-state index in [1.807, 2.05) is 6.07 Å². The molecule has 0 aliphatic carbocycles. The van der Waals surface area contributed by atoms with Crippen molar-refractivity contribution in [2.75, 3.05) is 5.32 Å². The molecule has 2 N–H and O–H groups in total. The Balaban J connectivity index is 1.80. The number of benzene rings is 1. The Hall–Kier alpha value is -4.98. The number of alkyl halides is 6. The number of nitriles is 1. The van der Waals surface area contributed by atoms with Gasteiger partial charge in [-0.1, -0.05) is 11.6 Å². The quantitative estimate of drug-likeness (QED) is 0.259. The summed E-state index contributed by atoms with van der Waals surface area (Å²) in [5, 5.41) is 24.9. The van der Waals surface area contributed by atoms with E-state index in [2.05, 4.69) is 30.9 Å². The van der Waals surface area contributed by atoms with E-state index in [4.69, 9.17) is 11.6 Å². The highest BCUT2D eigenvalue weighted by Crippen LogP contribution is 2.38. The largest absolute Gasteiger partial charge is 0.437 e. The van der Waals surface area contributed by atoms with E-state index < -0.39 is 47.6 Å². The van der Waals surface area contributed by atoms with Crippen molar-refractivity contribution >= 4 is 29.1 Å². The molecule has 1 aromatic carbocycles. The van der Waals surface area contributed by atoms with Crippen molar-refractivity contribution in [3.63, 3.8) is 0 Å². The van der Waals surface area contributed by atoms with E-state index in [-0.39, 0.29) is 43.8 Å². The minimum Gasteiger partial charge on any atom is -0.347 e. The third kappa shape index (κ3) is 7.40. The molecule has 0 aliphatic rings. The van der Waals surface area contributed by atoms with Gasteiger partial charge in [0.2, 0.25) is 0 Å². The molecule has 11 nitrogen and oxygen atoms in total. The van der Waals surface area contributed by atoms with Crippen molar-refractivity contribution in [2.45, 2.75) is 52.1 Å². The van der Waals surface area contributed by atoms with Crippen LogP contribution in [0.25, 0.3) is 5.82 Å². The smallest absolute Gasteiger partial charge is 0.347 e. The molecule has 0 unspecified atom stereocenters. The first-order chi connectivity index (χ1) is 20.8. The van der Waals surface area contributed by atoms with Gasteiger partial charge >= 0.3 is 12.4 Å². The predicted octanol–water partition coefficient (Wildman–Crippen LogP) is 5.56. The maximum atomic E-state index is 13.7. The lowest BCUT2D eigenvalue weighted by atomic mass is 10.0. The van der Waals surface area contributed by atoms with Crippen LogP contribution in [0.5, 0.6) is 0 Å². The lowest BCUT2D eigenvalue weighted by Crippen LogP contribution is -2.41. The Kier molecular flexibility index (Phi) is 8.66. The second-order valence-corrected chi connectivity index (χ2v) is 11.1. The molecule has 3 heterocycles. The molecule has 0 fully saturated rings. The molecular weight excluding hydrogens is 632 g/mol. The molecule has 4 aromatic rings. The van der Waals surface area contributed by atoms with Gasteiger partial charge in [-0.25, -0.2) is 9.67 Å². The van der Waals surface area contributed by atoms with E-state index >= 15 is 0 Å². The van der Waals surface area contributed by atoms with Crippen LogP contribution in [0, 0.1) is 18.3 Å². The fourth-order valence-electron chi connectivity index (χ4n) is 4.09. The summed E-state index contributed by atoms with van der Waals surface area (Å²) in [7, 11) is 0. The number of hydrogen-bond acceptors (Lipinski definition) is 7. The molecule has 3 aromatic heterocycles. The fraction of sp³-hybridized carbons (Fsp3) is 0.296. The third-order valence-corrected chi connectivity index (χ3v) is 6.16. The highest BCUT2D eigenvalue weighted by Gasteiger charge is 2.48. The summed E-state index contributed by atoms with van der Waals surface area (Å²) in [5.74, 6) is -1.61. The zero-order valence-corrected chi connectivity index (χ0v) is 24.5. The number of nitrogens with zero attached hydrogens (tertiary/aromatic N) is 7.